The van der Waals surface area contributed by atoms with E-state index in [1.807, 2.05) is 42.2 Å². The molecule has 1 aliphatic rings. The van der Waals surface area contributed by atoms with E-state index in [1.54, 1.807) is 6.20 Å². The van der Waals surface area contributed by atoms with Gasteiger partial charge in [0.2, 0.25) is 11.9 Å². The van der Waals surface area contributed by atoms with E-state index < -0.39 is 0 Å². The van der Waals surface area contributed by atoms with Gasteiger partial charge < -0.3 is 15.6 Å². The highest BCUT2D eigenvalue weighted by molar-refractivity contribution is 5.94. The van der Waals surface area contributed by atoms with Crippen LogP contribution in [0.1, 0.15) is 33.1 Å². The molecule has 0 spiro atoms. The monoisotopic (exact) mass is 389 g/mol. The van der Waals surface area contributed by atoms with Crippen molar-refractivity contribution in [2.75, 3.05) is 5.32 Å². The fourth-order valence-electron chi connectivity index (χ4n) is 4.14. The summed E-state index contributed by atoms with van der Waals surface area (Å²) in [6, 6.07) is 6.37. The molecule has 5 rings (SSSR count). The molecule has 1 fully saturated rings. The number of hydrogen-bond donors (Lipinski definition) is 3. The molecule has 0 aliphatic heterocycles. The highest BCUT2D eigenvalue weighted by atomic mass is 16.1. The number of amides is 1. The Balaban J connectivity index is 1.33. The summed E-state index contributed by atoms with van der Waals surface area (Å²) in [5, 5.41) is 11.7. The van der Waals surface area contributed by atoms with Gasteiger partial charge in [0.1, 0.15) is 5.65 Å². The molecule has 4 aromatic rings. The Morgan fingerprint density at radius 1 is 1.38 bits per heavy atom. The van der Waals surface area contributed by atoms with E-state index in [0.717, 1.165) is 40.5 Å². The Kier molecular flexibility index (Phi) is 4.01. The predicted molar refractivity (Wildman–Crippen MR) is 112 cm³/mol. The summed E-state index contributed by atoms with van der Waals surface area (Å²) in [5.41, 5.74) is 3.86. The fourth-order valence-corrected chi connectivity index (χ4v) is 4.14. The molecule has 1 aliphatic carbocycles. The van der Waals surface area contributed by atoms with Gasteiger partial charge in [-0.05, 0) is 43.5 Å². The van der Waals surface area contributed by atoms with Crippen molar-refractivity contribution in [1.82, 2.24) is 29.9 Å². The van der Waals surface area contributed by atoms with Crippen LogP contribution in [0.3, 0.4) is 0 Å². The quantitative estimate of drug-likeness (QED) is 0.487. The van der Waals surface area contributed by atoms with Crippen molar-refractivity contribution in [2.45, 2.75) is 44.7 Å². The molecule has 0 radical (unpaired) electrons. The molecular weight excluding hydrogens is 366 g/mol. The van der Waals surface area contributed by atoms with Crippen LogP contribution < -0.4 is 10.6 Å². The second kappa shape index (κ2) is 6.58. The minimum atomic E-state index is -0.138. The van der Waals surface area contributed by atoms with Crippen LogP contribution in [-0.2, 0) is 4.79 Å². The number of H-pyrrole nitrogens is 1. The zero-order chi connectivity index (χ0) is 20.0. The average molecular weight is 389 g/mol. The largest absolute Gasteiger partial charge is 0.351 e. The number of anilines is 1. The molecule has 0 saturated heterocycles. The minimum Gasteiger partial charge on any atom is -0.351 e. The first kappa shape index (κ1) is 17.7. The van der Waals surface area contributed by atoms with Crippen molar-refractivity contribution in [3.63, 3.8) is 0 Å². The first-order chi connectivity index (χ1) is 14.0. The van der Waals surface area contributed by atoms with Gasteiger partial charge in [-0.2, -0.15) is 10.1 Å². The molecule has 0 bridgehead atoms. The predicted octanol–water partition coefficient (Wildman–Crippen LogP) is 3.13. The third kappa shape index (κ3) is 3.20. The zero-order valence-corrected chi connectivity index (χ0v) is 16.4. The van der Waals surface area contributed by atoms with Gasteiger partial charge in [-0.3, -0.25) is 4.79 Å². The van der Waals surface area contributed by atoms with E-state index in [-0.39, 0.29) is 17.5 Å². The van der Waals surface area contributed by atoms with Crippen molar-refractivity contribution in [1.29, 1.82) is 0 Å². The van der Waals surface area contributed by atoms with Gasteiger partial charge in [0.05, 0.1) is 5.52 Å². The summed E-state index contributed by atoms with van der Waals surface area (Å²) in [6.45, 7) is 3.95. The Bertz CT molecular complexity index is 1200. The minimum absolute atomic E-state index is 0.0941. The first-order valence-corrected chi connectivity index (χ1v) is 9.88. The van der Waals surface area contributed by atoms with Crippen molar-refractivity contribution < 1.29 is 4.79 Å². The first-order valence-electron chi connectivity index (χ1n) is 9.88. The number of carbonyl (C=O) groups excluding carboxylic acids is 1. The van der Waals surface area contributed by atoms with Gasteiger partial charge in [-0.25, -0.2) is 9.50 Å². The average Bonchev–Trinajstić information content (AvgIpc) is 3.32. The Morgan fingerprint density at radius 3 is 3.07 bits per heavy atom. The Hall–Kier alpha value is -3.42. The van der Waals surface area contributed by atoms with Crippen LogP contribution >= 0.6 is 0 Å². The van der Waals surface area contributed by atoms with Crippen LogP contribution in [0.4, 0.5) is 5.95 Å². The van der Waals surface area contributed by atoms with Crippen LogP contribution in [0.15, 0.2) is 43.0 Å². The van der Waals surface area contributed by atoms with Gasteiger partial charge in [0.15, 0.2) is 0 Å². The Morgan fingerprint density at radius 2 is 2.24 bits per heavy atom. The van der Waals surface area contributed by atoms with Crippen molar-refractivity contribution >= 4 is 28.4 Å². The summed E-state index contributed by atoms with van der Waals surface area (Å²) < 4.78 is 1.84. The van der Waals surface area contributed by atoms with Crippen LogP contribution in [0, 0.1) is 0 Å². The van der Waals surface area contributed by atoms with Gasteiger partial charge in [-0.1, -0.05) is 6.92 Å². The second-order valence-corrected chi connectivity index (χ2v) is 7.99. The van der Waals surface area contributed by atoms with E-state index in [9.17, 15) is 4.79 Å². The van der Waals surface area contributed by atoms with Crippen molar-refractivity contribution in [2.24, 2.45) is 0 Å². The normalized spacial score (nSPS) is 21.2. The summed E-state index contributed by atoms with van der Waals surface area (Å²) in [6.07, 6.45) is 9.79. The van der Waals surface area contributed by atoms with Crippen LogP contribution in [0.25, 0.3) is 27.7 Å². The van der Waals surface area contributed by atoms with Gasteiger partial charge >= 0.3 is 0 Å². The number of rotatable bonds is 5. The number of aromatic amines is 1. The number of nitrogens with one attached hydrogen (secondary N) is 3. The number of carbonyl (C=O) groups is 1. The van der Waals surface area contributed by atoms with Gasteiger partial charge in [0, 0.05) is 53.7 Å². The molecule has 8 nitrogen and oxygen atoms in total. The third-order valence-corrected chi connectivity index (χ3v) is 5.63. The lowest BCUT2D eigenvalue weighted by Crippen LogP contribution is -2.59. The lowest BCUT2D eigenvalue weighted by atomic mass is 9.74. The lowest BCUT2D eigenvalue weighted by molar-refractivity contribution is -0.123. The lowest BCUT2D eigenvalue weighted by Gasteiger charge is -2.45. The molecule has 0 unspecified atom stereocenters. The highest BCUT2D eigenvalue weighted by Gasteiger charge is 2.41. The molecule has 8 heteroatoms. The van der Waals surface area contributed by atoms with Gasteiger partial charge in [0.25, 0.3) is 0 Å². The third-order valence-electron chi connectivity index (χ3n) is 5.63. The van der Waals surface area contributed by atoms with Crippen molar-refractivity contribution in [3.05, 3.63) is 43.0 Å². The molecule has 1 saturated carbocycles. The molecule has 0 aromatic carbocycles. The summed E-state index contributed by atoms with van der Waals surface area (Å²) in [4.78, 5) is 24.1. The van der Waals surface area contributed by atoms with Crippen LogP contribution in [0.2, 0.25) is 0 Å². The zero-order valence-electron chi connectivity index (χ0n) is 16.4. The number of fused-ring (bicyclic) bond motifs is 2. The molecule has 3 N–H and O–H groups in total. The Labute approximate surface area is 167 Å². The highest BCUT2D eigenvalue weighted by Crippen LogP contribution is 2.34. The molecule has 1 amide bonds. The molecule has 148 valence electrons. The van der Waals surface area contributed by atoms with E-state index in [0.29, 0.717) is 12.4 Å². The topological polar surface area (TPSA) is 100 Å². The smallest absolute Gasteiger partial charge is 0.224 e. The SMILES string of the molecule is CCC(=O)N[C@]1(C)C[C@H](Nc2ncc3c(-c4ccn5nccc5c4)c[nH]c3n2)C1. The number of aromatic nitrogens is 5. The van der Waals surface area contributed by atoms with Gasteiger partial charge in [-0.15, -0.1) is 0 Å². The van der Waals surface area contributed by atoms with E-state index >= 15 is 0 Å². The second-order valence-electron chi connectivity index (χ2n) is 7.99. The standard InChI is InChI=1S/C21H23N7O/c1-3-18(29)27-21(2)9-14(10-21)25-20-23-12-17-16(11-22-19(17)26-20)13-5-7-28-15(8-13)4-6-24-28/h4-8,11-12,14H,3,9-10H2,1-2H3,(H,27,29)(H2,22,23,25,26)/t14-,21+. The van der Waals surface area contributed by atoms with Crippen LogP contribution in [0.5, 0.6) is 0 Å². The summed E-state index contributed by atoms with van der Waals surface area (Å²) >= 11 is 0. The maximum Gasteiger partial charge on any atom is 0.224 e. The van der Waals surface area contributed by atoms with Crippen molar-refractivity contribution in [3.8, 4) is 11.1 Å². The van der Waals surface area contributed by atoms with E-state index in [2.05, 4.69) is 43.7 Å². The molecular formula is C21H23N7O. The summed E-state index contributed by atoms with van der Waals surface area (Å²) in [7, 11) is 0. The number of hydrogen-bond acceptors (Lipinski definition) is 5. The number of nitrogens with zero attached hydrogens (tertiary/aromatic N) is 4. The van der Waals surface area contributed by atoms with E-state index in [4.69, 9.17) is 0 Å². The molecule has 4 heterocycles. The molecule has 0 atom stereocenters. The van der Waals surface area contributed by atoms with Crippen LogP contribution in [-0.4, -0.2) is 42.1 Å². The van der Waals surface area contributed by atoms with E-state index in [1.165, 1.54) is 0 Å². The molecule has 4 aromatic heterocycles. The maximum atomic E-state index is 11.6. The number of pyridine rings is 1. The maximum absolute atomic E-state index is 11.6. The fraction of sp³-hybridized carbons (Fsp3) is 0.333. The summed E-state index contributed by atoms with van der Waals surface area (Å²) in [5.74, 6) is 0.697. The molecule has 29 heavy (non-hydrogen) atoms.